The topological polar surface area (TPSA) is 102 Å². The SMILES string of the molecule is O=C(N[C@@H](COC(=O)[C@H](Cc1ccccc1)NS(=O)(=O)c1ccc(F)cc1F)Cc1ccccc1)c1ccccc1. The van der Waals surface area contributed by atoms with Crippen LogP contribution in [0.3, 0.4) is 0 Å². The number of sulfonamides is 1. The first-order chi connectivity index (χ1) is 19.7. The van der Waals surface area contributed by atoms with Crippen molar-refractivity contribution in [3.05, 3.63) is 138 Å². The molecular formula is C31H28F2N2O5S. The van der Waals surface area contributed by atoms with Crippen LogP contribution in [-0.4, -0.2) is 39.0 Å². The largest absolute Gasteiger partial charge is 0.462 e. The molecule has 41 heavy (non-hydrogen) atoms. The van der Waals surface area contributed by atoms with Crippen LogP contribution in [0.2, 0.25) is 0 Å². The highest BCUT2D eigenvalue weighted by Gasteiger charge is 2.30. The number of benzene rings is 4. The Morgan fingerprint density at radius 1 is 0.756 bits per heavy atom. The summed E-state index contributed by atoms with van der Waals surface area (Å²) in [4.78, 5) is 25.3. The van der Waals surface area contributed by atoms with Gasteiger partial charge in [-0.3, -0.25) is 9.59 Å². The lowest BCUT2D eigenvalue weighted by Gasteiger charge is -2.22. The number of carbonyl (C=O) groups is 2. The van der Waals surface area contributed by atoms with Crippen molar-refractivity contribution in [2.24, 2.45) is 0 Å². The molecule has 0 unspecified atom stereocenters. The van der Waals surface area contributed by atoms with E-state index in [4.69, 9.17) is 4.74 Å². The number of esters is 1. The van der Waals surface area contributed by atoms with Crippen molar-refractivity contribution in [3.8, 4) is 0 Å². The standard InChI is InChI=1S/C31H28F2N2O5S/c32-25-16-17-29(27(33)20-25)41(38,39)35-28(19-23-12-6-2-7-13-23)31(37)40-21-26(18-22-10-4-1-5-11-22)34-30(36)24-14-8-3-9-15-24/h1-17,20,26,28,35H,18-19,21H2,(H,34,36)/t26-,28+/m1/s1. The summed E-state index contributed by atoms with van der Waals surface area (Å²) in [6, 6.07) is 26.4. The van der Waals surface area contributed by atoms with Crippen LogP contribution in [0.5, 0.6) is 0 Å². The minimum Gasteiger partial charge on any atom is -0.462 e. The number of hydrogen-bond acceptors (Lipinski definition) is 5. The van der Waals surface area contributed by atoms with E-state index in [2.05, 4.69) is 10.0 Å². The zero-order chi connectivity index (χ0) is 29.2. The Hall–Kier alpha value is -4.41. The first-order valence-electron chi connectivity index (χ1n) is 12.8. The van der Waals surface area contributed by atoms with Gasteiger partial charge in [-0.25, -0.2) is 17.2 Å². The van der Waals surface area contributed by atoms with E-state index < -0.39 is 44.6 Å². The van der Waals surface area contributed by atoms with Gasteiger partial charge in [0.2, 0.25) is 10.0 Å². The third-order valence-electron chi connectivity index (χ3n) is 6.17. The fraction of sp³-hybridized carbons (Fsp3) is 0.161. The third kappa shape index (κ3) is 8.54. The maximum Gasteiger partial charge on any atom is 0.324 e. The molecule has 0 aliphatic carbocycles. The predicted molar refractivity (Wildman–Crippen MR) is 149 cm³/mol. The Kier molecular flexibility index (Phi) is 9.94. The zero-order valence-corrected chi connectivity index (χ0v) is 22.7. The van der Waals surface area contributed by atoms with Crippen molar-refractivity contribution >= 4 is 21.9 Å². The lowest BCUT2D eigenvalue weighted by Crippen LogP contribution is -2.46. The van der Waals surface area contributed by atoms with Crippen molar-refractivity contribution in [1.29, 1.82) is 0 Å². The van der Waals surface area contributed by atoms with Gasteiger partial charge in [0.25, 0.3) is 5.91 Å². The molecule has 0 fully saturated rings. The van der Waals surface area contributed by atoms with Crippen molar-refractivity contribution < 1.29 is 31.5 Å². The molecule has 0 bridgehead atoms. The smallest absolute Gasteiger partial charge is 0.324 e. The Balaban J connectivity index is 1.53. The fourth-order valence-corrected chi connectivity index (χ4v) is 5.40. The highest BCUT2D eigenvalue weighted by Crippen LogP contribution is 2.17. The van der Waals surface area contributed by atoms with Crippen LogP contribution < -0.4 is 10.0 Å². The molecule has 0 heterocycles. The number of nitrogens with one attached hydrogen (secondary N) is 2. The highest BCUT2D eigenvalue weighted by atomic mass is 32.2. The first-order valence-corrected chi connectivity index (χ1v) is 14.3. The van der Waals surface area contributed by atoms with E-state index in [1.165, 1.54) is 0 Å². The van der Waals surface area contributed by atoms with Gasteiger partial charge in [-0.15, -0.1) is 0 Å². The minimum absolute atomic E-state index is 0.0958. The van der Waals surface area contributed by atoms with Crippen LogP contribution in [0.4, 0.5) is 8.78 Å². The Morgan fingerprint density at radius 2 is 1.32 bits per heavy atom. The van der Waals surface area contributed by atoms with Crippen LogP contribution in [0.15, 0.2) is 114 Å². The summed E-state index contributed by atoms with van der Waals surface area (Å²) in [6.07, 6.45) is 0.240. The lowest BCUT2D eigenvalue weighted by molar-refractivity contribution is -0.146. The highest BCUT2D eigenvalue weighted by molar-refractivity contribution is 7.89. The minimum atomic E-state index is -4.58. The summed E-state index contributed by atoms with van der Waals surface area (Å²) in [5.74, 6) is -3.53. The van der Waals surface area contributed by atoms with Gasteiger partial charge < -0.3 is 10.1 Å². The van der Waals surface area contributed by atoms with Gasteiger partial charge in [-0.2, -0.15) is 4.72 Å². The summed E-state index contributed by atoms with van der Waals surface area (Å²) < 4.78 is 61.5. The van der Waals surface area contributed by atoms with Crippen molar-refractivity contribution in [2.45, 2.75) is 29.8 Å². The molecule has 1 amide bonds. The Morgan fingerprint density at radius 3 is 1.90 bits per heavy atom. The van der Waals surface area contributed by atoms with E-state index in [1.807, 2.05) is 30.3 Å². The van der Waals surface area contributed by atoms with Crippen molar-refractivity contribution in [1.82, 2.24) is 10.0 Å². The van der Waals surface area contributed by atoms with Gasteiger partial charge in [0, 0.05) is 11.6 Å². The Bertz CT molecular complexity index is 1570. The van der Waals surface area contributed by atoms with Crippen molar-refractivity contribution in [3.63, 3.8) is 0 Å². The molecule has 0 spiro atoms. The van der Waals surface area contributed by atoms with Gasteiger partial charge in [0.15, 0.2) is 0 Å². The molecule has 2 N–H and O–H groups in total. The number of hydrogen-bond donors (Lipinski definition) is 2. The van der Waals surface area contributed by atoms with Gasteiger partial charge in [0.1, 0.15) is 29.2 Å². The molecule has 7 nitrogen and oxygen atoms in total. The molecule has 4 rings (SSSR count). The van der Waals surface area contributed by atoms with E-state index in [9.17, 15) is 26.8 Å². The number of amides is 1. The normalized spacial score (nSPS) is 12.7. The lowest BCUT2D eigenvalue weighted by atomic mass is 10.1. The predicted octanol–water partition coefficient (Wildman–Crippen LogP) is 4.44. The number of rotatable bonds is 12. The van der Waals surface area contributed by atoms with Crippen LogP contribution in [0.1, 0.15) is 21.5 Å². The number of carbonyl (C=O) groups excluding carboxylic acids is 2. The van der Waals surface area contributed by atoms with E-state index in [-0.39, 0.29) is 18.9 Å². The molecule has 10 heteroatoms. The van der Waals surface area contributed by atoms with E-state index in [0.29, 0.717) is 23.6 Å². The molecule has 0 aliphatic rings. The molecule has 212 valence electrons. The second-order valence-corrected chi connectivity index (χ2v) is 11.0. The molecule has 0 aliphatic heterocycles. The summed E-state index contributed by atoms with van der Waals surface area (Å²) >= 11 is 0. The van der Waals surface area contributed by atoms with Gasteiger partial charge in [0.05, 0.1) is 6.04 Å². The quantitative estimate of drug-likeness (QED) is 0.242. The number of halogens is 2. The third-order valence-corrected chi connectivity index (χ3v) is 7.68. The van der Waals surface area contributed by atoms with Crippen LogP contribution >= 0.6 is 0 Å². The second-order valence-electron chi connectivity index (χ2n) is 9.29. The van der Waals surface area contributed by atoms with Crippen LogP contribution in [-0.2, 0) is 32.4 Å². The average Bonchev–Trinajstić information content (AvgIpc) is 2.96. The monoisotopic (exact) mass is 578 g/mol. The molecule has 2 atom stereocenters. The van der Waals surface area contributed by atoms with Gasteiger partial charge in [-0.1, -0.05) is 78.9 Å². The summed E-state index contributed by atoms with van der Waals surface area (Å²) in [6.45, 7) is -0.260. The van der Waals surface area contributed by atoms with E-state index in [0.717, 1.165) is 17.7 Å². The van der Waals surface area contributed by atoms with E-state index in [1.54, 1.807) is 60.7 Å². The zero-order valence-electron chi connectivity index (χ0n) is 21.9. The molecule has 0 radical (unpaired) electrons. The number of ether oxygens (including phenoxy) is 1. The fourth-order valence-electron chi connectivity index (χ4n) is 4.16. The summed E-state index contributed by atoms with van der Waals surface area (Å²) in [5.41, 5.74) is 1.93. The van der Waals surface area contributed by atoms with Crippen molar-refractivity contribution in [2.75, 3.05) is 6.61 Å². The van der Waals surface area contributed by atoms with Gasteiger partial charge >= 0.3 is 5.97 Å². The molecule has 4 aromatic rings. The molecule has 0 saturated carbocycles. The Labute approximate surface area is 237 Å². The average molecular weight is 579 g/mol. The molecule has 0 saturated heterocycles. The molecule has 0 aromatic heterocycles. The van der Waals surface area contributed by atoms with Crippen LogP contribution in [0, 0.1) is 11.6 Å². The van der Waals surface area contributed by atoms with E-state index >= 15 is 0 Å². The summed E-state index contributed by atoms with van der Waals surface area (Å²) in [7, 11) is -4.58. The van der Waals surface area contributed by atoms with Crippen LogP contribution in [0.25, 0.3) is 0 Å². The second kappa shape index (κ2) is 13.8. The first kappa shape index (κ1) is 29.6. The molecule has 4 aromatic carbocycles. The molecular weight excluding hydrogens is 550 g/mol. The maximum atomic E-state index is 14.3. The summed E-state index contributed by atoms with van der Waals surface area (Å²) in [5, 5.41) is 2.87. The van der Waals surface area contributed by atoms with Gasteiger partial charge in [-0.05, 0) is 48.2 Å². The maximum absolute atomic E-state index is 14.3.